The molecule has 2 rings (SSSR count). The number of fused-ring (bicyclic) bond motifs is 1. The molecule has 0 aliphatic rings. The first-order chi connectivity index (χ1) is 6.81. The third-order valence-corrected chi connectivity index (χ3v) is 2.66. The minimum atomic E-state index is 0.576. The first-order valence-corrected chi connectivity index (χ1v) is 5.02. The maximum Gasteiger partial charge on any atom is 0.159 e. The van der Waals surface area contributed by atoms with Gasteiger partial charge in [-0.2, -0.15) is 0 Å². The minimum absolute atomic E-state index is 0.576. The summed E-state index contributed by atoms with van der Waals surface area (Å²) in [5.41, 5.74) is 2.13. The number of aromatic nitrogens is 2. The van der Waals surface area contributed by atoms with E-state index < -0.39 is 0 Å². The van der Waals surface area contributed by atoms with E-state index in [1.165, 1.54) is 5.56 Å². The molecule has 0 radical (unpaired) electrons. The molecule has 2 aromatic rings. The van der Waals surface area contributed by atoms with Crippen LogP contribution in [-0.4, -0.2) is 9.97 Å². The lowest BCUT2D eigenvalue weighted by atomic mass is 10.00. The molecule has 0 aliphatic heterocycles. The van der Waals surface area contributed by atoms with E-state index >= 15 is 0 Å². The van der Waals surface area contributed by atoms with E-state index in [9.17, 15) is 0 Å². The van der Waals surface area contributed by atoms with Gasteiger partial charge in [-0.05, 0) is 36.1 Å². The van der Waals surface area contributed by atoms with E-state index in [0.717, 1.165) is 17.5 Å². The summed E-state index contributed by atoms with van der Waals surface area (Å²) in [6, 6.07) is 6.19. The van der Waals surface area contributed by atoms with Gasteiger partial charge in [-0.1, -0.05) is 13.8 Å². The van der Waals surface area contributed by atoms with Crippen molar-refractivity contribution >= 4 is 11.0 Å². The van der Waals surface area contributed by atoms with Gasteiger partial charge in [0.1, 0.15) is 0 Å². The third-order valence-electron chi connectivity index (χ3n) is 2.66. The molecule has 2 heteroatoms. The molecule has 0 N–H and O–H groups in total. The van der Waals surface area contributed by atoms with Crippen LogP contribution in [0.1, 0.15) is 31.7 Å². The summed E-state index contributed by atoms with van der Waals surface area (Å²) in [5, 5.41) is 1.13. The van der Waals surface area contributed by atoms with E-state index in [-0.39, 0.29) is 0 Å². The van der Waals surface area contributed by atoms with Crippen molar-refractivity contribution in [3.63, 3.8) is 0 Å². The van der Waals surface area contributed by atoms with Gasteiger partial charge in [0.05, 0.1) is 0 Å². The van der Waals surface area contributed by atoms with Gasteiger partial charge < -0.3 is 0 Å². The highest BCUT2D eigenvalue weighted by Gasteiger charge is 2.04. The third kappa shape index (κ3) is 1.60. The molecular formula is C12H14N2. The number of hydrogen-bond donors (Lipinski definition) is 0. The van der Waals surface area contributed by atoms with Crippen LogP contribution in [0, 0.1) is 0 Å². The molecule has 1 atom stereocenters. The van der Waals surface area contributed by atoms with Crippen molar-refractivity contribution in [3.05, 3.63) is 36.2 Å². The van der Waals surface area contributed by atoms with Crippen LogP contribution in [0.25, 0.3) is 11.0 Å². The monoisotopic (exact) mass is 186 g/mol. The van der Waals surface area contributed by atoms with Crippen LogP contribution in [0.2, 0.25) is 0 Å². The molecule has 1 unspecified atom stereocenters. The number of hydrogen-bond acceptors (Lipinski definition) is 2. The Kier molecular flexibility index (Phi) is 2.44. The van der Waals surface area contributed by atoms with E-state index in [2.05, 4.69) is 35.9 Å². The van der Waals surface area contributed by atoms with Gasteiger partial charge in [-0.15, -0.1) is 0 Å². The fourth-order valence-corrected chi connectivity index (χ4v) is 1.49. The second kappa shape index (κ2) is 3.74. The van der Waals surface area contributed by atoms with Gasteiger partial charge in [0.2, 0.25) is 0 Å². The number of rotatable bonds is 2. The van der Waals surface area contributed by atoms with Crippen molar-refractivity contribution < 1.29 is 0 Å². The summed E-state index contributed by atoms with van der Waals surface area (Å²) < 4.78 is 0. The summed E-state index contributed by atoms with van der Waals surface area (Å²) in [5.74, 6) is 0.576. The lowest BCUT2D eigenvalue weighted by Gasteiger charge is -2.08. The Morgan fingerprint density at radius 3 is 3.00 bits per heavy atom. The van der Waals surface area contributed by atoms with Crippen LogP contribution >= 0.6 is 0 Å². The molecule has 0 fully saturated rings. The fourth-order valence-electron chi connectivity index (χ4n) is 1.49. The molecule has 14 heavy (non-hydrogen) atoms. The average molecular weight is 186 g/mol. The summed E-state index contributed by atoms with van der Waals surface area (Å²) in [7, 11) is 0. The average Bonchev–Trinajstić information content (AvgIpc) is 2.27. The lowest BCUT2D eigenvalue weighted by Crippen LogP contribution is -1.93. The molecule has 2 heterocycles. The summed E-state index contributed by atoms with van der Waals surface area (Å²) in [6.45, 7) is 4.41. The number of pyridine rings is 2. The van der Waals surface area contributed by atoms with Crippen LogP contribution in [0.5, 0.6) is 0 Å². The zero-order valence-electron chi connectivity index (χ0n) is 8.57. The summed E-state index contributed by atoms with van der Waals surface area (Å²) in [4.78, 5) is 8.54. The molecule has 2 aromatic heterocycles. The highest BCUT2D eigenvalue weighted by Crippen LogP contribution is 2.20. The van der Waals surface area contributed by atoms with E-state index in [0.29, 0.717) is 5.92 Å². The van der Waals surface area contributed by atoms with Gasteiger partial charge in [0, 0.05) is 17.8 Å². The maximum atomic E-state index is 4.34. The summed E-state index contributed by atoms with van der Waals surface area (Å²) >= 11 is 0. The molecule has 0 aliphatic carbocycles. The second-order valence-corrected chi connectivity index (χ2v) is 3.63. The van der Waals surface area contributed by atoms with Crippen LogP contribution in [0.4, 0.5) is 0 Å². The van der Waals surface area contributed by atoms with Crippen molar-refractivity contribution in [1.29, 1.82) is 0 Å². The molecule has 2 nitrogen and oxygen atoms in total. The predicted octanol–water partition coefficient (Wildman–Crippen LogP) is 3.14. The zero-order valence-corrected chi connectivity index (χ0v) is 8.57. The van der Waals surface area contributed by atoms with Crippen molar-refractivity contribution in [3.8, 4) is 0 Å². The topological polar surface area (TPSA) is 25.8 Å². The minimum Gasteiger partial charge on any atom is -0.237 e. The van der Waals surface area contributed by atoms with Gasteiger partial charge in [-0.3, -0.25) is 0 Å². The van der Waals surface area contributed by atoms with Gasteiger partial charge in [0.15, 0.2) is 5.65 Å². The van der Waals surface area contributed by atoms with Gasteiger partial charge >= 0.3 is 0 Å². The Labute approximate surface area is 84.0 Å². The first-order valence-electron chi connectivity index (χ1n) is 5.02. The lowest BCUT2D eigenvalue weighted by molar-refractivity contribution is 0.731. The largest absolute Gasteiger partial charge is 0.237 e. The smallest absolute Gasteiger partial charge is 0.159 e. The normalized spacial score (nSPS) is 13.0. The first kappa shape index (κ1) is 9.13. The van der Waals surface area contributed by atoms with Crippen molar-refractivity contribution in [1.82, 2.24) is 9.97 Å². The summed E-state index contributed by atoms with van der Waals surface area (Å²) in [6.07, 6.45) is 4.86. The zero-order chi connectivity index (χ0) is 9.97. The van der Waals surface area contributed by atoms with E-state index in [1.807, 2.05) is 12.3 Å². The maximum absolute atomic E-state index is 4.34. The highest BCUT2D eigenvalue weighted by atomic mass is 14.8. The van der Waals surface area contributed by atoms with Gasteiger partial charge in [0.25, 0.3) is 0 Å². The van der Waals surface area contributed by atoms with Crippen LogP contribution < -0.4 is 0 Å². The Bertz CT molecular complexity index is 437. The Morgan fingerprint density at radius 1 is 1.36 bits per heavy atom. The van der Waals surface area contributed by atoms with Gasteiger partial charge in [-0.25, -0.2) is 9.97 Å². The highest BCUT2D eigenvalue weighted by molar-refractivity contribution is 5.74. The van der Waals surface area contributed by atoms with Crippen LogP contribution in [0.3, 0.4) is 0 Å². The number of nitrogens with zero attached hydrogens (tertiary/aromatic N) is 2. The molecule has 72 valence electrons. The molecular weight excluding hydrogens is 172 g/mol. The molecule has 0 saturated heterocycles. The Hall–Kier alpha value is -1.44. The Morgan fingerprint density at radius 2 is 2.21 bits per heavy atom. The second-order valence-electron chi connectivity index (χ2n) is 3.63. The molecule has 0 aromatic carbocycles. The molecule has 0 saturated carbocycles. The van der Waals surface area contributed by atoms with Crippen molar-refractivity contribution in [2.24, 2.45) is 0 Å². The van der Waals surface area contributed by atoms with E-state index in [1.54, 1.807) is 6.20 Å². The SMILES string of the molecule is CCC(C)c1cnc2ncccc2c1. The van der Waals surface area contributed by atoms with E-state index in [4.69, 9.17) is 0 Å². The van der Waals surface area contributed by atoms with Crippen LogP contribution in [-0.2, 0) is 0 Å². The van der Waals surface area contributed by atoms with Crippen molar-refractivity contribution in [2.75, 3.05) is 0 Å². The van der Waals surface area contributed by atoms with Crippen LogP contribution in [0.15, 0.2) is 30.6 Å². The predicted molar refractivity (Wildman–Crippen MR) is 58.2 cm³/mol. The molecule has 0 spiro atoms. The van der Waals surface area contributed by atoms with Crippen molar-refractivity contribution in [2.45, 2.75) is 26.2 Å². The molecule has 0 amide bonds. The fraction of sp³-hybridized carbons (Fsp3) is 0.333. The Balaban J connectivity index is 2.51. The quantitative estimate of drug-likeness (QED) is 0.720. The molecule has 0 bridgehead atoms. The standard InChI is InChI=1S/C12H14N2/c1-3-9(2)11-7-10-5-4-6-13-12(10)14-8-11/h4-9H,3H2,1-2H3.